The van der Waals surface area contributed by atoms with Crippen LogP contribution in [0.2, 0.25) is 0 Å². The minimum Gasteiger partial charge on any atom is -0.454 e. The van der Waals surface area contributed by atoms with E-state index in [1.54, 1.807) is 18.2 Å². The predicted octanol–water partition coefficient (Wildman–Crippen LogP) is 2.84. The zero-order valence-corrected chi connectivity index (χ0v) is 18.5. The van der Waals surface area contributed by atoms with Crippen LogP contribution in [0.5, 0.6) is 0 Å². The molecule has 2 aromatic rings. The highest BCUT2D eigenvalue weighted by Gasteiger charge is 2.49. The summed E-state index contributed by atoms with van der Waals surface area (Å²) in [4.78, 5) is 25.8. The van der Waals surface area contributed by atoms with E-state index in [2.05, 4.69) is 10.5 Å². The standard InChI is InChI=1S/C24H31N3O5/c1-27(17-22(28)25-21-13-15-31-26-21)14-12-20(16-27)32-23(29)24(30,18-8-4-2-5-9-18)19-10-6-3-7-11-19/h2,4-5,8-9,13,15,19-20,30H,3,6-7,10-12,14,16-17H2,1H3/p+1/t20-,24?,27?/m1/s1. The molecule has 2 N–H and O–H groups in total. The number of likely N-dealkylation sites (tertiary alicyclic amines) is 1. The summed E-state index contributed by atoms with van der Waals surface area (Å²) in [5, 5.41) is 18.1. The highest BCUT2D eigenvalue weighted by atomic mass is 16.6. The molecule has 8 heteroatoms. The van der Waals surface area contributed by atoms with E-state index < -0.39 is 11.6 Å². The predicted molar refractivity (Wildman–Crippen MR) is 117 cm³/mol. The van der Waals surface area contributed by atoms with Crippen molar-refractivity contribution < 1.29 is 28.4 Å². The molecule has 172 valence electrons. The van der Waals surface area contributed by atoms with Crippen LogP contribution in [-0.4, -0.2) is 59.4 Å². The zero-order valence-electron chi connectivity index (χ0n) is 18.5. The molecule has 1 aromatic carbocycles. The van der Waals surface area contributed by atoms with Gasteiger partial charge in [-0.15, -0.1) is 0 Å². The van der Waals surface area contributed by atoms with Crippen LogP contribution in [-0.2, 0) is 19.9 Å². The summed E-state index contributed by atoms with van der Waals surface area (Å²) in [6.07, 6.45) is 6.46. The van der Waals surface area contributed by atoms with Gasteiger partial charge in [0.05, 0.1) is 13.6 Å². The van der Waals surface area contributed by atoms with Gasteiger partial charge < -0.3 is 24.2 Å². The van der Waals surface area contributed by atoms with Gasteiger partial charge in [-0.2, -0.15) is 0 Å². The van der Waals surface area contributed by atoms with E-state index >= 15 is 0 Å². The van der Waals surface area contributed by atoms with Crippen LogP contribution < -0.4 is 5.32 Å². The number of benzene rings is 1. The Morgan fingerprint density at radius 1 is 1.19 bits per heavy atom. The van der Waals surface area contributed by atoms with Crippen LogP contribution in [0, 0.1) is 5.92 Å². The molecule has 1 aliphatic carbocycles. The average Bonchev–Trinajstić information content (AvgIpc) is 3.43. The van der Waals surface area contributed by atoms with Gasteiger partial charge in [-0.25, -0.2) is 4.79 Å². The molecule has 3 atom stereocenters. The lowest BCUT2D eigenvalue weighted by atomic mass is 9.73. The molecule has 0 bridgehead atoms. The maximum atomic E-state index is 13.4. The summed E-state index contributed by atoms with van der Waals surface area (Å²) in [7, 11) is 1.97. The first-order valence-electron chi connectivity index (χ1n) is 11.4. The molecule has 1 aliphatic heterocycles. The first kappa shape index (κ1) is 22.5. The van der Waals surface area contributed by atoms with Crippen LogP contribution in [0.3, 0.4) is 0 Å². The van der Waals surface area contributed by atoms with E-state index in [1.807, 2.05) is 25.2 Å². The Kier molecular flexibility index (Phi) is 6.62. The number of ether oxygens (including phenoxy) is 1. The highest BCUT2D eigenvalue weighted by Crippen LogP contribution is 2.41. The molecular formula is C24H32N3O5+. The van der Waals surface area contributed by atoms with Crippen LogP contribution >= 0.6 is 0 Å². The van der Waals surface area contributed by atoms with E-state index in [0.29, 0.717) is 35.4 Å². The molecule has 2 aliphatic rings. The van der Waals surface area contributed by atoms with Crippen LogP contribution in [0.15, 0.2) is 47.2 Å². The minimum atomic E-state index is -1.64. The number of esters is 1. The number of amides is 1. The molecule has 0 spiro atoms. The number of hydrogen-bond donors (Lipinski definition) is 2. The maximum absolute atomic E-state index is 13.4. The van der Waals surface area contributed by atoms with E-state index in [9.17, 15) is 14.7 Å². The van der Waals surface area contributed by atoms with Crippen LogP contribution in [0.4, 0.5) is 5.82 Å². The second-order valence-electron chi connectivity index (χ2n) is 9.40. The number of nitrogens with one attached hydrogen (secondary N) is 1. The quantitative estimate of drug-likeness (QED) is 0.505. The molecule has 1 saturated heterocycles. The lowest BCUT2D eigenvalue weighted by Crippen LogP contribution is -2.49. The van der Waals surface area contributed by atoms with Crippen molar-refractivity contribution in [2.45, 2.75) is 50.2 Å². The Balaban J connectivity index is 1.42. The van der Waals surface area contributed by atoms with E-state index in [-0.39, 0.29) is 24.5 Å². The number of aromatic nitrogens is 1. The summed E-state index contributed by atoms with van der Waals surface area (Å²) < 4.78 is 11.1. The summed E-state index contributed by atoms with van der Waals surface area (Å²) in [5.74, 6) is -0.511. The van der Waals surface area contributed by atoms with Gasteiger partial charge in [-0.3, -0.25) is 4.79 Å². The Morgan fingerprint density at radius 2 is 1.94 bits per heavy atom. The van der Waals surface area contributed by atoms with Crippen molar-refractivity contribution in [1.29, 1.82) is 0 Å². The van der Waals surface area contributed by atoms with E-state index in [4.69, 9.17) is 9.26 Å². The van der Waals surface area contributed by atoms with Crippen molar-refractivity contribution >= 4 is 17.7 Å². The highest BCUT2D eigenvalue weighted by molar-refractivity contribution is 5.90. The lowest BCUT2D eigenvalue weighted by molar-refractivity contribution is -0.890. The number of carbonyl (C=O) groups excluding carboxylic acids is 2. The molecule has 8 nitrogen and oxygen atoms in total. The summed E-state index contributed by atoms with van der Waals surface area (Å²) in [6, 6.07) is 10.8. The third kappa shape index (κ3) is 4.86. The van der Waals surface area contributed by atoms with Gasteiger partial charge >= 0.3 is 5.97 Å². The Hall–Kier alpha value is -2.71. The van der Waals surface area contributed by atoms with Gasteiger partial charge in [-0.05, 0) is 18.4 Å². The van der Waals surface area contributed by atoms with Gasteiger partial charge in [-0.1, -0.05) is 54.8 Å². The second kappa shape index (κ2) is 9.42. The Labute approximate surface area is 188 Å². The summed E-state index contributed by atoms with van der Waals surface area (Å²) >= 11 is 0. The summed E-state index contributed by atoms with van der Waals surface area (Å²) in [6.45, 7) is 1.47. The molecule has 1 saturated carbocycles. The number of carbonyl (C=O) groups is 2. The number of anilines is 1. The van der Waals surface area contributed by atoms with E-state index in [0.717, 1.165) is 32.1 Å². The molecule has 1 aromatic heterocycles. The smallest absolute Gasteiger partial charge is 0.343 e. The molecular weight excluding hydrogens is 410 g/mol. The molecule has 2 fully saturated rings. The van der Waals surface area contributed by atoms with Crippen molar-refractivity contribution in [3.63, 3.8) is 0 Å². The minimum absolute atomic E-state index is 0.151. The van der Waals surface area contributed by atoms with E-state index in [1.165, 1.54) is 6.26 Å². The fourth-order valence-corrected chi connectivity index (χ4v) is 5.15. The van der Waals surface area contributed by atoms with Gasteiger partial charge in [0.25, 0.3) is 5.91 Å². The molecule has 2 heterocycles. The van der Waals surface area contributed by atoms with Gasteiger partial charge in [0.1, 0.15) is 12.8 Å². The number of likely N-dealkylation sites (N-methyl/N-ethyl adjacent to an activating group) is 1. The number of quaternary nitrogens is 1. The number of hydrogen-bond acceptors (Lipinski definition) is 6. The van der Waals surface area contributed by atoms with Crippen molar-refractivity contribution in [2.75, 3.05) is 32.0 Å². The monoisotopic (exact) mass is 442 g/mol. The fourth-order valence-electron chi connectivity index (χ4n) is 5.15. The van der Waals surface area contributed by atoms with Crippen LogP contribution in [0.25, 0.3) is 0 Å². The molecule has 0 radical (unpaired) electrons. The van der Waals surface area contributed by atoms with Crippen LogP contribution in [0.1, 0.15) is 44.1 Å². The zero-order chi connectivity index (χ0) is 22.6. The number of aliphatic hydroxyl groups is 1. The largest absolute Gasteiger partial charge is 0.454 e. The molecule has 1 amide bonds. The van der Waals surface area contributed by atoms with Gasteiger partial charge in [0.2, 0.25) is 0 Å². The van der Waals surface area contributed by atoms with Crippen molar-refractivity contribution in [2.24, 2.45) is 5.92 Å². The normalized spacial score (nSPS) is 25.8. The Bertz CT molecular complexity index is 913. The molecule has 2 unspecified atom stereocenters. The number of nitrogens with zero attached hydrogens (tertiary/aromatic N) is 2. The van der Waals surface area contributed by atoms with Crippen molar-refractivity contribution in [1.82, 2.24) is 5.16 Å². The topological polar surface area (TPSA) is 102 Å². The second-order valence-corrected chi connectivity index (χ2v) is 9.40. The number of rotatable bonds is 7. The van der Waals surface area contributed by atoms with Crippen molar-refractivity contribution in [3.05, 3.63) is 48.2 Å². The van der Waals surface area contributed by atoms with Crippen molar-refractivity contribution in [3.8, 4) is 0 Å². The van der Waals surface area contributed by atoms with Gasteiger partial charge in [0.15, 0.2) is 24.1 Å². The fraction of sp³-hybridized carbons (Fsp3) is 0.542. The lowest BCUT2D eigenvalue weighted by Gasteiger charge is -2.37. The van der Waals surface area contributed by atoms with Gasteiger partial charge in [0, 0.05) is 18.4 Å². The third-order valence-electron chi connectivity index (χ3n) is 6.86. The first-order valence-corrected chi connectivity index (χ1v) is 11.4. The SMILES string of the molecule is C[N+]1(CC(=O)Nc2ccon2)CC[C@@H](OC(=O)C(O)(c2ccccc2)C2CCCCC2)C1. The molecule has 4 rings (SSSR count). The molecule has 32 heavy (non-hydrogen) atoms. The average molecular weight is 443 g/mol. The maximum Gasteiger partial charge on any atom is 0.343 e. The third-order valence-corrected chi connectivity index (χ3v) is 6.86. The summed E-state index contributed by atoms with van der Waals surface area (Å²) in [5.41, 5.74) is -1.04. The Morgan fingerprint density at radius 3 is 2.62 bits per heavy atom. The first-order chi connectivity index (χ1) is 15.4.